The second-order valence-corrected chi connectivity index (χ2v) is 5.26. The first-order valence-electron chi connectivity index (χ1n) is 6.07. The van der Waals surface area contributed by atoms with E-state index in [2.05, 4.69) is 21.2 Å². The lowest BCUT2D eigenvalue weighted by molar-refractivity contribution is -0.138. The van der Waals surface area contributed by atoms with Crippen LogP contribution in [-0.4, -0.2) is 5.91 Å². The Morgan fingerprint density at radius 1 is 1.10 bits per heavy atom. The Labute approximate surface area is 128 Å². The van der Waals surface area contributed by atoms with E-state index in [4.69, 9.17) is 0 Å². The van der Waals surface area contributed by atoms with Crippen molar-refractivity contribution in [3.8, 4) is 0 Å². The summed E-state index contributed by atoms with van der Waals surface area (Å²) in [5.41, 5.74) is -0.318. The van der Waals surface area contributed by atoms with Crippen LogP contribution in [0.15, 0.2) is 53.0 Å². The molecule has 2 aromatic carbocycles. The summed E-state index contributed by atoms with van der Waals surface area (Å²) in [6, 6.07) is 11.8. The Balaban J connectivity index is 2.12. The van der Waals surface area contributed by atoms with E-state index in [0.29, 0.717) is 5.56 Å². The molecular formula is C15H11BrF3NO. The van der Waals surface area contributed by atoms with Crippen molar-refractivity contribution in [2.75, 3.05) is 0 Å². The van der Waals surface area contributed by atoms with Gasteiger partial charge in [-0.15, -0.1) is 0 Å². The molecule has 0 fully saturated rings. The minimum atomic E-state index is -4.43. The van der Waals surface area contributed by atoms with Gasteiger partial charge in [0, 0.05) is 16.6 Å². The highest BCUT2D eigenvalue weighted by Gasteiger charge is 2.32. The summed E-state index contributed by atoms with van der Waals surface area (Å²) in [6.07, 6.45) is -4.43. The fraction of sp³-hybridized carbons (Fsp3) is 0.133. The zero-order chi connectivity index (χ0) is 15.5. The van der Waals surface area contributed by atoms with E-state index in [1.165, 1.54) is 18.2 Å². The van der Waals surface area contributed by atoms with E-state index in [1.807, 2.05) is 0 Å². The average molecular weight is 358 g/mol. The van der Waals surface area contributed by atoms with Crippen molar-refractivity contribution in [1.29, 1.82) is 0 Å². The molecule has 0 spiro atoms. The third kappa shape index (κ3) is 4.07. The Bertz CT molecular complexity index is 655. The smallest absolute Gasteiger partial charge is 0.348 e. The molecule has 0 bridgehead atoms. The Morgan fingerprint density at radius 2 is 1.81 bits per heavy atom. The normalized spacial score (nSPS) is 11.2. The van der Waals surface area contributed by atoms with E-state index in [0.717, 1.165) is 10.5 Å². The van der Waals surface area contributed by atoms with Gasteiger partial charge in [-0.25, -0.2) is 0 Å². The first-order valence-corrected chi connectivity index (χ1v) is 6.86. The van der Waals surface area contributed by atoms with Crippen LogP contribution >= 0.6 is 15.9 Å². The van der Waals surface area contributed by atoms with Crippen LogP contribution in [0.1, 0.15) is 21.5 Å². The van der Waals surface area contributed by atoms with E-state index in [-0.39, 0.29) is 12.1 Å². The quantitative estimate of drug-likeness (QED) is 0.866. The molecular weight excluding hydrogens is 347 g/mol. The molecule has 1 amide bonds. The molecule has 0 saturated heterocycles. The monoisotopic (exact) mass is 357 g/mol. The first kappa shape index (κ1) is 15.6. The highest BCUT2D eigenvalue weighted by molar-refractivity contribution is 9.10. The summed E-state index contributed by atoms with van der Waals surface area (Å²) in [4.78, 5) is 11.9. The molecule has 110 valence electrons. The van der Waals surface area contributed by atoms with Crippen molar-refractivity contribution in [2.24, 2.45) is 0 Å². The summed E-state index contributed by atoms with van der Waals surface area (Å²) in [5.74, 6) is -0.423. The fourth-order valence-corrected chi connectivity index (χ4v) is 2.26. The van der Waals surface area contributed by atoms with Crippen LogP contribution in [-0.2, 0) is 12.7 Å². The highest BCUT2D eigenvalue weighted by Crippen LogP contribution is 2.31. The molecule has 0 aliphatic rings. The second-order valence-electron chi connectivity index (χ2n) is 4.35. The lowest BCUT2D eigenvalue weighted by Gasteiger charge is -2.13. The number of carbonyl (C=O) groups excluding carboxylic acids is 1. The van der Waals surface area contributed by atoms with Crippen molar-refractivity contribution < 1.29 is 18.0 Å². The number of alkyl halides is 3. The maximum Gasteiger partial charge on any atom is 0.416 e. The molecule has 0 aliphatic heterocycles. The molecule has 0 atom stereocenters. The number of amides is 1. The second kappa shape index (κ2) is 6.30. The molecule has 0 aromatic heterocycles. The largest absolute Gasteiger partial charge is 0.416 e. The molecule has 6 heteroatoms. The summed E-state index contributed by atoms with van der Waals surface area (Å²) in [6.45, 7) is -0.180. The van der Waals surface area contributed by atoms with E-state index < -0.39 is 17.6 Å². The molecule has 1 N–H and O–H groups in total. The molecule has 0 saturated carbocycles. The number of benzene rings is 2. The molecule has 2 rings (SSSR count). The number of hydrogen-bond donors (Lipinski definition) is 1. The minimum Gasteiger partial charge on any atom is -0.348 e. The molecule has 2 aromatic rings. The maximum atomic E-state index is 12.8. The van der Waals surface area contributed by atoms with Gasteiger partial charge in [0.05, 0.1) is 5.56 Å². The van der Waals surface area contributed by atoms with Gasteiger partial charge >= 0.3 is 6.18 Å². The van der Waals surface area contributed by atoms with Gasteiger partial charge in [-0.3, -0.25) is 4.79 Å². The number of hydrogen-bond acceptors (Lipinski definition) is 1. The first-order chi connectivity index (χ1) is 9.88. The van der Waals surface area contributed by atoms with E-state index >= 15 is 0 Å². The zero-order valence-electron chi connectivity index (χ0n) is 10.7. The average Bonchev–Trinajstić information content (AvgIpc) is 2.44. The number of halogens is 4. The van der Waals surface area contributed by atoms with Crippen molar-refractivity contribution in [2.45, 2.75) is 12.7 Å². The highest BCUT2D eigenvalue weighted by atomic mass is 79.9. The van der Waals surface area contributed by atoms with Crippen LogP contribution in [0.3, 0.4) is 0 Å². The van der Waals surface area contributed by atoms with Gasteiger partial charge in [0.25, 0.3) is 5.91 Å². The topological polar surface area (TPSA) is 29.1 Å². The molecule has 21 heavy (non-hydrogen) atoms. The zero-order valence-corrected chi connectivity index (χ0v) is 12.3. The van der Waals surface area contributed by atoms with Crippen molar-refractivity contribution in [3.05, 3.63) is 69.7 Å². The minimum absolute atomic E-state index is 0.0355. The van der Waals surface area contributed by atoms with Crippen LogP contribution in [0.5, 0.6) is 0 Å². The van der Waals surface area contributed by atoms with Gasteiger partial charge in [-0.05, 0) is 29.8 Å². The maximum absolute atomic E-state index is 12.8. The lowest BCUT2D eigenvalue weighted by atomic mass is 10.1. The third-order valence-electron chi connectivity index (χ3n) is 2.85. The standard InChI is InChI=1S/C15H11BrF3NO/c16-12-6-3-5-10(8-12)14(21)20-9-11-4-1-2-7-13(11)15(17,18)19/h1-8H,9H2,(H,20,21). The van der Waals surface area contributed by atoms with Crippen molar-refractivity contribution in [1.82, 2.24) is 5.32 Å². The summed E-state index contributed by atoms with van der Waals surface area (Å²) >= 11 is 3.24. The van der Waals surface area contributed by atoms with Crippen LogP contribution in [0, 0.1) is 0 Å². The molecule has 0 aliphatic carbocycles. The number of carbonyl (C=O) groups is 1. The van der Waals surface area contributed by atoms with Crippen LogP contribution in [0.4, 0.5) is 13.2 Å². The van der Waals surface area contributed by atoms with Gasteiger partial charge in [-0.2, -0.15) is 13.2 Å². The molecule has 2 nitrogen and oxygen atoms in total. The Kier molecular flexibility index (Phi) is 4.67. The van der Waals surface area contributed by atoms with Crippen LogP contribution in [0.25, 0.3) is 0 Å². The molecule has 0 heterocycles. The van der Waals surface area contributed by atoms with Crippen molar-refractivity contribution in [3.63, 3.8) is 0 Å². The summed E-state index contributed by atoms with van der Waals surface area (Å²) < 4.78 is 39.2. The van der Waals surface area contributed by atoms with E-state index in [1.54, 1.807) is 24.3 Å². The summed E-state index contributed by atoms with van der Waals surface area (Å²) in [5, 5.41) is 2.50. The number of rotatable bonds is 3. The van der Waals surface area contributed by atoms with Gasteiger partial charge in [0.2, 0.25) is 0 Å². The summed E-state index contributed by atoms with van der Waals surface area (Å²) in [7, 11) is 0. The van der Waals surface area contributed by atoms with Gasteiger partial charge in [-0.1, -0.05) is 40.2 Å². The number of nitrogens with one attached hydrogen (secondary N) is 1. The Morgan fingerprint density at radius 3 is 2.48 bits per heavy atom. The SMILES string of the molecule is O=C(NCc1ccccc1C(F)(F)F)c1cccc(Br)c1. The van der Waals surface area contributed by atoms with Gasteiger partial charge in [0.15, 0.2) is 0 Å². The molecule has 0 radical (unpaired) electrons. The van der Waals surface area contributed by atoms with Gasteiger partial charge < -0.3 is 5.32 Å². The lowest BCUT2D eigenvalue weighted by Crippen LogP contribution is -2.24. The predicted octanol–water partition coefficient (Wildman–Crippen LogP) is 4.40. The molecule has 0 unspecified atom stereocenters. The van der Waals surface area contributed by atoms with Crippen LogP contribution in [0.2, 0.25) is 0 Å². The predicted molar refractivity (Wildman–Crippen MR) is 76.8 cm³/mol. The van der Waals surface area contributed by atoms with Crippen molar-refractivity contribution >= 4 is 21.8 Å². The van der Waals surface area contributed by atoms with Gasteiger partial charge in [0.1, 0.15) is 0 Å². The fourth-order valence-electron chi connectivity index (χ4n) is 1.86. The Hall–Kier alpha value is -1.82. The van der Waals surface area contributed by atoms with E-state index in [9.17, 15) is 18.0 Å². The van der Waals surface area contributed by atoms with Crippen LogP contribution < -0.4 is 5.32 Å². The third-order valence-corrected chi connectivity index (χ3v) is 3.34.